The van der Waals surface area contributed by atoms with Gasteiger partial charge in [0.1, 0.15) is 12.1 Å². The van der Waals surface area contributed by atoms with E-state index in [1.54, 1.807) is 13.2 Å². The fraction of sp³-hybridized carbons (Fsp3) is 0.231. The second-order valence-corrected chi connectivity index (χ2v) is 4.35. The fourth-order valence-electron chi connectivity index (χ4n) is 2.03. The SMILES string of the molecule is COc1cc(C)c(-c2ncnc(N)c2[N+](=O)[O-])cc1C. The molecular formula is C13H14N4O3. The number of nitrogen functional groups attached to an aromatic ring is 1. The van der Waals surface area contributed by atoms with Gasteiger partial charge in [-0.2, -0.15) is 0 Å². The Bertz CT molecular complexity index is 686. The molecule has 0 amide bonds. The molecule has 7 heteroatoms. The first-order valence-corrected chi connectivity index (χ1v) is 5.86. The zero-order valence-electron chi connectivity index (χ0n) is 11.4. The molecule has 0 aliphatic rings. The van der Waals surface area contributed by atoms with Gasteiger partial charge in [-0.1, -0.05) is 0 Å². The minimum atomic E-state index is -0.566. The van der Waals surface area contributed by atoms with E-state index in [9.17, 15) is 10.1 Å². The molecule has 0 atom stereocenters. The van der Waals surface area contributed by atoms with Crippen molar-refractivity contribution in [2.75, 3.05) is 12.8 Å². The molecule has 0 spiro atoms. The van der Waals surface area contributed by atoms with Gasteiger partial charge < -0.3 is 10.5 Å². The molecule has 0 unspecified atom stereocenters. The molecule has 0 fully saturated rings. The average molecular weight is 274 g/mol. The molecule has 7 nitrogen and oxygen atoms in total. The van der Waals surface area contributed by atoms with Crippen LogP contribution in [0, 0.1) is 24.0 Å². The maximum absolute atomic E-state index is 11.2. The van der Waals surface area contributed by atoms with Crippen LogP contribution < -0.4 is 10.5 Å². The molecule has 0 radical (unpaired) electrons. The van der Waals surface area contributed by atoms with Gasteiger partial charge in [-0.15, -0.1) is 0 Å². The summed E-state index contributed by atoms with van der Waals surface area (Å²) in [6.45, 7) is 3.69. The maximum Gasteiger partial charge on any atom is 0.337 e. The predicted octanol–water partition coefficient (Wildman–Crippen LogP) is 2.26. The minimum Gasteiger partial charge on any atom is -0.496 e. The Kier molecular flexibility index (Phi) is 3.51. The van der Waals surface area contributed by atoms with Crippen LogP contribution in [0.2, 0.25) is 0 Å². The van der Waals surface area contributed by atoms with Crippen molar-refractivity contribution in [2.24, 2.45) is 0 Å². The van der Waals surface area contributed by atoms with Gasteiger partial charge >= 0.3 is 5.69 Å². The Morgan fingerprint density at radius 1 is 1.25 bits per heavy atom. The van der Waals surface area contributed by atoms with Crippen LogP contribution in [0.25, 0.3) is 11.3 Å². The van der Waals surface area contributed by atoms with E-state index in [0.29, 0.717) is 5.56 Å². The van der Waals surface area contributed by atoms with Crippen molar-refractivity contribution < 1.29 is 9.66 Å². The summed E-state index contributed by atoms with van der Waals surface area (Å²) in [4.78, 5) is 18.3. The molecule has 104 valence electrons. The van der Waals surface area contributed by atoms with E-state index >= 15 is 0 Å². The van der Waals surface area contributed by atoms with Crippen molar-refractivity contribution in [1.82, 2.24) is 9.97 Å². The zero-order valence-corrected chi connectivity index (χ0v) is 11.4. The third kappa shape index (κ3) is 2.25. The molecule has 1 aromatic carbocycles. The summed E-state index contributed by atoms with van der Waals surface area (Å²) < 4.78 is 5.23. The van der Waals surface area contributed by atoms with Crippen LogP contribution in [0.4, 0.5) is 11.5 Å². The van der Waals surface area contributed by atoms with Gasteiger partial charge in [0.2, 0.25) is 5.82 Å². The lowest BCUT2D eigenvalue weighted by atomic mass is 10.0. The maximum atomic E-state index is 11.2. The van der Waals surface area contributed by atoms with Gasteiger partial charge in [-0.3, -0.25) is 10.1 Å². The van der Waals surface area contributed by atoms with Crippen LogP contribution in [-0.2, 0) is 0 Å². The molecule has 0 aliphatic heterocycles. The highest BCUT2D eigenvalue weighted by Crippen LogP contribution is 2.35. The van der Waals surface area contributed by atoms with Gasteiger partial charge in [0.25, 0.3) is 0 Å². The Morgan fingerprint density at radius 3 is 2.55 bits per heavy atom. The van der Waals surface area contributed by atoms with Crippen LogP contribution in [0.3, 0.4) is 0 Å². The number of methoxy groups -OCH3 is 1. The summed E-state index contributed by atoms with van der Waals surface area (Å²) in [6.07, 6.45) is 1.22. The number of nitro groups is 1. The van der Waals surface area contributed by atoms with E-state index in [-0.39, 0.29) is 17.2 Å². The van der Waals surface area contributed by atoms with Gasteiger partial charge in [0.05, 0.1) is 12.0 Å². The summed E-state index contributed by atoms with van der Waals surface area (Å²) in [6, 6.07) is 3.61. The molecule has 2 rings (SSSR count). The molecule has 2 N–H and O–H groups in total. The predicted molar refractivity (Wildman–Crippen MR) is 74.6 cm³/mol. The number of nitrogens with two attached hydrogens (primary N) is 1. The van der Waals surface area contributed by atoms with E-state index in [1.807, 2.05) is 19.9 Å². The summed E-state index contributed by atoms with van der Waals surface area (Å²) in [5.41, 5.74) is 7.84. The van der Waals surface area contributed by atoms with Crippen LogP contribution in [0.15, 0.2) is 18.5 Å². The van der Waals surface area contributed by atoms with Crippen molar-refractivity contribution in [3.63, 3.8) is 0 Å². The van der Waals surface area contributed by atoms with Gasteiger partial charge in [0.15, 0.2) is 5.69 Å². The third-order valence-corrected chi connectivity index (χ3v) is 3.03. The summed E-state index contributed by atoms with van der Waals surface area (Å²) in [5, 5.41) is 11.2. The van der Waals surface area contributed by atoms with Crippen molar-refractivity contribution in [3.05, 3.63) is 39.7 Å². The van der Waals surface area contributed by atoms with E-state index in [2.05, 4.69) is 9.97 Å². The monoisotopic (exact) mass is 274 g/mol. The van der Waals surface area contributed by atoms with Crippen molar-refractivity contribution in [2.45, 2.75) is 13.8 Å². The molecule has 20 heavy (non-hydrogen) atoms. The lowest BCUT2D eigenvalue weighted by molar-refractivity contribution is -0.383. The number of aromatic nitrogens is 2. The minimum absolute atomic E-state index is 0.145. The van der Waals surface area contributed by atoms with Gasteiger partial charge in [-0.25, -0.2) is 9.97 Å². The van der Waals surface area contributed by atoms with Crippen molar-refractivity contribution >= 4 is 11.5 Å². The quantitative estimate of drug-likeness (QED) is 0.680. The number of rotatable bonds is 3. The molecule has 0 bridgehead atoms. The van der Waals surface area contributed by atoms with Crippen LogP contribution in [-0.4, -0.2) is 22.0 Å². The van der Waals surface area contributed by atoms with E-state index in [4.69, 9.17) is 10.5 Å². The molecule has 1 aromatic heterocycles. The first-order valence-electron chi connectivity index (χ1n) is 5.86. The Morgan fingerprint density at radius 2 is 1.95 bits per heavy atom. The van der Waals surface area contributed by atoms with E-state index < -0.39 is 4.92 Å². The lowest BCUT2D eigenvalue weighted by Gasteiger charge is -2.11. The van der Waals surface area contributed by atoms with Crippen LogP contribution in [0.1, 0.15) is 11.1 Å². The van der Waals surface area contributed by atoms with Crippen LogP contribution >= 0.6 is 0 Å². The van der Waals surface area contributed by atoms with Crippen molar-refractivity contribution in [1.29, 1.82) is 0 Å². The molecule has 0 saturated heterocycles. The van der Waals surface area contributed by atoms with E-state index in [1.165, 1.54) is 6.33 Å². The normalized spacial score (nSPS) is 10.3. The Labute approximate surface area is 115 Å². The van der Waals surface area contributed by atoms with Crippen molar-refractivity contribution in [3.8, 4) is 17.0 Å². The number of benzene rings is 1. The lowest BCUT2D eigenvalue weighted by Crippen LogP contribution is -2.03. The fourth-order valence-corrected chi connectivity index (χ4v) is 2.03. The first kappa shape index (κ1) is 13.7. The highest BCUT2D eigenvalue weighted by atomic mass is 16.6. The number of hydrogen-bond acceptors (Lipinski definition) is 6. The largest absolute Gasteiger partial charge is 0.496 e. The third-order valence-electron chi connectivity index (χ3n) is 3.03. The summed E-state index contributed by atoms with van der Waals surface area (Å²) >= 11 is 0. The Hall–Kier alpha value is -2.70. The number of nitrogens with zero attached hydrogens (tertiary/aromatic N) is 3. The molecule has 2 aromatic rings. The van der Waals surface area contributed by atoms with Gasteiger partial charge in [-0.05, 0) is 37.1 Å². The second kappa shape index (κ2) is 5.12. The zero-order chi connectivity index (χ0) is 14.9. The van der Waals surface area contributed by atoms with Gasteiger partial charge in [0, 0.05) is 5.56 Å². The standard InChI is InChI=1S/C13H14N4O3/c1-7-5-10(20-3)8(2)4-9(7)11-12(17(18)19)13(14)16-6-15-11/h4-6H,1-3H3,(H2,14,15,16). The summed E-state index contributed by atoms with van der Waals surface area (Å²) in [7, 11) is 1.58. The smallest absolute Gasteiger partial charge is 0.337 e. The van der Waals surface area contributed by atoms with E-state index in [0.717, 1.165) is 16.9 Å². The van der Waals surface area contributed by atoms with Crippen LogP contribution in [0.5, 0.6) is 5.75 Å². The highest BCUT2D eigenvalue weighted by Gasteiger charge is 2.23. The number of ether oxygens (including phenoxy) is 1. The molecule has 1 heterocycles. The number of anilines is 1. The molecule has 0 aliphatic carbocycles. The molecule has 0 saturated carbocycles. The highest BCUT2D eigenvalue weighted by molar-refractivity contribution is 5.78. The topological polar surface area (TPSA) is 104 Å². The Balaban J connectivity index is 2.72. The average Bonchev–Trinajstić information content (AvgIpc) is 2.40. The molecular weight excluding hydrogens is 260 g/mol. The summed E-state index contributed by atoms with van der Waals surface area (Å²) in [5.74, 6) is 0.573. The number of hydrogen-bond donors (Lipinski definition) is 1. The first-order chi connectivity index (χ1) is 9.45. The second-order valence-electron chi connectivity index (χ2n) is 4.35. The number of aryl methyl sites for hydroxylation is 2.